The summed E-state index contributed by atoms with van der Waals surface area (Å²) in [7, 11) is 1.58. The van der Waals surface area contributed by atoms with Crippen molar-refractivity contribution < 1.29 is 9.53 Å². The number of para-hydroxylation sites is 2. The molecule has 0 saturated heterocycles. The zero-order chi connectivity index (χ0) is 20.2. The van der Waals surface area contributed by atoms with Crippen molar-refractivity contribution in [3.63, 3.8) is 0 Å². The standard InChI is InChI=1S/C23H20BrN3O2/c1-29-19-6-4-5-17(13-19)23(28)25-14-22-26-20-7-2-3-8-21(20)27(22)15-16-9-11-18(24)12-10-16/h2-13H,14-15H2,1H3,(H,25,28). The van der Waals surface area contributed by atoms with Gasteiger partial charge >= 0.3 is 0 Å². The number of hydrogen-bond donors (Lipinski definition) is 1. The van der Waals surface area contributed by atoms with Gasteiger partial charge in [0.05, 0.1) is 24.7 Å². The van der Waals surface area contributed by atoms with Crippen LogP contribution in [-0.4, -0.2) is 22.6 Å². The molecule has 4 rings (SSSR count). The molecule has 0 aliphatic carbocycles. The molecule has 1 aromatic heterocycles. The van der Waals surface area contributed by atoms with Crippen LogP contribution in [0.5, 0.6) is 5.75 Å². The lowest BCUT2D eigenvalue weighted by molar-refractivity contribution is 0.0949. The Bertz CT molecular complexity index is 1150. The van der Waals surface area contributed by atoms with Crippen molar-refractivity contribution in [3.05, 3.63) is 94.2 Å². The van der Waals surface area contributed by atoms with Gasteiger partial charge < -0.3 is 14.6 Å². The molecule has 1 N–H and O–H groups in total. The number of rotatable bonds is 6. The number of nitrogens with one attached hydrogen (secondary N) is 1. The van der Waals surface area contributed by atoms with Crippen LogP contribution in [0.1, 0.15) is 21.7 Å². The minimum atomic E-state index is -0.161. The van der Waals surface area contributed by atoms with E-state index in [9.17, 15) is 4.79 Å². The van der Waals surface area contributed by atoms with Gasteiger partial charge in [-0.15, -0.1) is 0 Å². The van der Waals surface area contributed by atoms with Crippen molar-refractivity contribution in [1.82, 2.24) is 14.9 Å². The first-order chi connectivity index (χ1) is 14.1. The van der Waals surface area contributed by atoms with Crippen molar-refractivity contribution >= 4 is 32.9 Å². The predicted octanol–water partition coefficient (Wildman–Crippen LogP) is 4.79. The second kappa shape index (κ2) is 8.49. The molecule has 0 spiro atoms. The van der Waals surface area contributed by atoms with Gasteiger partial charge in [-0.05, 0) is 48.0 Å². The van der Waals surface area contributed by atoms with E-state index in [1.165, 1.54) is 0 Å². The Kier molecular flexibility index (Phi) is 5.62. The zero-order valence-corrected chi connectivity index (χ0v) is 17.5. The van der Waals surface area contributed by atoms with E-state index >= 15 is 0 Å². The van der Waals surface area contributed by atoms with Gasteiger partial charge in [0.25, 0.3) is 5.91 Å². The maximum atomic E-state index is 12.6. The van der Waals surface area contributed by atoms with Crippen molar-refractivity contribution in [2.45, 2.75) is 13.1 Å². The fraction of sp³-hybridized carbons (Fsp3) is 0.130. The Hall–Kier alpha value is -3.12. The first-order valence-corrected chi connectivity index (χ1v) is 10.0. The molecule has 3 aromatic carbocycles. The number of hydrogen-bond acceptors (Lipinski definition) is 3. The number of carbonyl (C=O) groups excluding carboxylic acids is 1. The number of aromatic nitrogens is 2. The molecule has 0 aliphatic rings. The molecule has 0 bridgehead atoms. The van der Waals surface area contributed by atoms with Gasteiger partial charge in [0.1, 0.15) is 11.6 Å². The predicted molar refractivity (Wildman–Crippen MR) is 117 cm³/mol. The first kappa shape index (κ1) is 19.2. The van der Waals surface area contributed by atoms with Crippen molar-refractivity contribution in [1.29, 1.82) is 0 Å². The minimum Gasteiger partial charge on any atom is -0.497 e. The SMILES string of the molecule is COc1cccc(C(=O)NCc2nc3ccccc3n2Cc2ccc(Br)cc2)c1. The lowest BCUT2D eigenvalue weighted by Gasteiger charge is -2.11. The molecule has 0 saturated carbocycles. The maximum absolute atomic E-state index is 12.6. The fourth-order valence-corrected chi connectivity index (χ4v) is 3.50. The van der Waals surface area contributed by atoms with Crippen LogP contribution in [0.15, 0.2) is 77.3 Å². The Morgan fingerprint density at radius 2 is 1.86 bits per heavy atom. The number of halogens is 1. The molecule has 1 amide bonds. The van der Waals surface area contributed by atoms with E-state index in [4.69, 9.17) is 9.72 Å². The lowest BCUT2D eigenvalue weighted by atomic mass is 10.2. The van der Waals surface area contributed by atoms with Crippen LogP contribution in [-0.2, 0) is 13.1 Å². The molecule has 0 fully saturated rings. The molecule has 0 atom stereocenters. The van der Waals surface area contributed by atoms with Crippen LogP contribution in [0.3, 0.4) is 0 Å². The van der Waals surface area contributed by atoms with Gasteiger partial charge in [0, 0.05) is 16.6 Å². The second-order valence-electron chi connectivity index (χ2n) is 6.64. The Labute approximate surface area is 177 Å². The highest BCUT2D eigenvalue weighted by atomic mass is 79.9. The molecule has 6 heteroatoms. The van der Waals surface area contributed by atoms with Crippen LogP contribution in [0.4, 0.5) is 0 Å². The summed E-state index contributed by atoms with van der Waals surface area (Å²) in [5, 5.41) is 2.98. The van der Waals surface area contributed by atoms with Crippen molar-refractivity contribution in [3.8, 4) is 5.75 Å². The Morgan fingerprint density at radius 1 is 1.07 bits per heavy atom. The third-order valence-corrected chi connectivity index (χ3v) is 5.26. The summed E-state index contributed by atoms with van der Waals surface area (Å²) < 4.78 is 8.39. The topological polar surface area (TPSA) is 56.1 Å². The average molecular weight is 450 g/mol. The van der Waals surface area contributed by atoms with Gasteiger partial charge in [-0.2, -0.15) is 0 Å². The Morgan fingerprint density at radius 3 is 2.66 bits per heavy atom. The Balaban J connectivity index is 1.59. The molecule has 5 nitrogen and oxygen atoms in total. The van der Waals surface area contributed by atoms with E-state index in [-0.39, 0.29) is 5.91 Å². The van der Waals surface area contributed by atoms with Gasteiger partial charge in [0.15, 0.2) is 0 Å². The summed E-state index contributed by atoms with van der Waals surface area (Å²) in [6.07, 6.45) is 0. The van der Waals surface area contributed by atoms with Gasteiger partial charge in [0.2, 0.25) is 0 Å². The average Bonchev–Trinajstić information content (AvgIpc) is 3.11. The van der Waals surface area contributed by atoms with E-state index in [0.717, 1.165) is 26.9 Å². The van der Waals surface area contributed by atoms with E-state index in [0.29, 0.717) is 24.4 Å². The minimum absolute atomic E-state index is 0.161. The third-order valence-electron chi connectivity index (χ3n) is 4.73. The van der Waals surface area contributed by atoms with Crippen LogP contribution in [0.25, 0.3) is 11.0 Å². The third kappa shape index (κ3) is 4.32. The summed E-state index contributed by atoms with van der Waals surface area (Å²) in [6.45, 7) is 1.01. The van der Waals surface area contributed by atoms with Crippen molar-refractivity contribution in [2.75, 3.05) is 7.11 Å². The van der Waals surface area contributed by atoms with E-state index < -0.39 is 0 Å². The number of ether oxygens (including phenoxy) is 1. The highest BCUT2D eigenvalue weighted by Crippen LogP contribution is 2.19. The van der Waals surface area contributed by atoms with Crippen LogP contribution >= 0.6 is 15.9 Å². The van der Waals surface area contributed by atoms with Crippen LogP contribution < -0.4 is 10.1 Å². The number of nitrogens with zero attached hydrogens (tertiary/aromatic N) is 2. The summed E-state index contributed by atoms with van der Waals surface area (Å²) in [4.78, 5) is 17.3. The number of fused-ring (bicyclic) bond motifs is 1. The smallest absolute Gasteiger partial charge is 0.251 e. The zero-order valence-electron chi connectivity index (χ0n) is 15.9. The molecule has 1 heterocycles. The van der Waals surface area contributed by atoms with Gasteiger partial charge in [-0.3, -0.25) is 4.79 Å². The lowest BCUT2D eigenvalue weighted by Crippen LogP contribution is -2.25. The molecule has 4 aromatic rings. The number of imidazole rings is 1. The first-order valence-electron chi connectivity index (χ1n) is 9.25. The van der Waals surface area contributed by atoms with Crippen LogP contribution in [0, 0.1) is 0 Å². The fourth-order valence-electron chi connectivity index (χ4n) is 3.23. The number of carbonyl (C=O) groups is 1. The summed E-state index contributed by atoms with van der Waals surface area (Å²) in [5.41, 5.74) is 3.67. The van der Waals surface area contributed by atoms with E-state index in [2.05, 4.69) is 44.0 Å². The second-order valence-corrected chi connectivity index (χ2v) is 7.56. The molecule has 0 radical (unpaired) electrons. The molecular weight excluding hydrogens is 430 g/mol. The number of methoxy groups -OCH3 is 1. The van der Waals surface area contributed by atoms with Gasteiger partial charge in [-0.1, -0.05) is 46.3 Å². The van der Waals surface area contributed by atoms with E-state index in [1.54, 1.807) is 25.3 Å². The molecule has 29 heavy (non-hydrogen) atoms. The summed E-state index contributed by atoms with van der Waals surface area (Å²) in [5.74, 6) is 1.30. The highest BCUT2D eigenvalue weighted by molar-refractivity contribution is 9.10. The van der Waals surface area contributed by atoms with Crippen LogP contribution in [0.2, 0.25) is 0 Å². The number of amides is 1. The molecular formula is C23H20BrN3O2. The van der Waals surface area contributed by atoms with Gasteiger partial charge in [-0.25, -0.2) is 4.98 Å². The summed E-state index contributed by atoms with van der Waals surface area (Å²) in [6, 6.07) is 23.3. The summed E-state index contributed by atoms with van der Waals surface area (Å²) >= 11 is 3.48. The molecule has 146 valence electrons. The highest BCUT2D eigenvalue weighted by Gasteiger charge is 2.13. The largest absolute Gasteiger partial charge is 0.497 e. The number of benzene rings is 3. The van der Waals surface area contributed by atoms with E-state index in [1.807, 2.05) is 36.4 Å². The normalized spacial score (nSPS) is 10.8. The molecule has 0 aliphatic heterocycles. The molecule has 0 unspecified atom stereocenters. The monoisotopic (exact) mass is 449 g/mol. The maximum Gasteiger partial charge on any atom is 0.251 e. The van der Waals surface area contributed by atoms with Crippen molar-refractivity contribution in [2.24, 2.45) is 0 Å². The quantitative estimate of drug-likeness (QED) is 0.460.